The maximum atomic E-state index is 12.7. The molecule has 1 saturated heterocycles. The van der Waals surface area contributed by atoms with Crippen LogP contribution >= 0.6 is 11.8 Å². The molecule has 0 unspecified atom stereocenters. The molecule has 0 atom stereocenters. The van der Waals surface area contributed by atoms with Crippen LogP contribution in [0.3, 0.4) is 0 Å². The summed E-state index contributed by atoms with van der Waals surface area (Å²) in [5, 5.41) is 15.7. The monoisotopic (exact) mass is 400 g/mol. The average Bonchev–Trinajstić information content (AvgIpc) is 3.10. The third-order valence-corrected chi connectivity index (χ3v) is 6.25. The Morgan fingerprint density at radius 3 is 2.74 bits per heavy atom. The molecule has 1 aliphatic rings. The van der Waals surface area contributed by atoms with Crippen LogP contribution in [0.5, 0.6) is 0 Å². The molecule has 0 radical (unpaired) electrons. The van der Waals surface area contributed by atoms with Crippen molar-refractivity contribution in [3.63, 3.8) is 0 Å². The molecule has 2 rings (SSSR count). The molecule has 1 aromatic rings. The highest BCUT2D eigenvalue weighted by molar-refractivity contribution is 8.01. The molecule has 7 nitrogen and oxygen atoms in total. The maximum absolute atomic E-state index is 12.7. The van der Waals surface area contributed by atoms with Crippen LogP contribution in [0.25, 0.3) is 0 Å². The van der Waals surface area contributed by atoms with Crippen LogP contribution in [0, 0.1) is 5.92 Å². The molecule has 0 bridgehead atoms. The summed E-state index contributed by atoms with van der Waals surface area (Å²) in [6, 6.07) is 1.74. The van der Waals surface area contributed by atoms with Gasteiger partial charge in [-0.05, 0) is 38.4 Å². The second kappa shape index (κ2) is 9.91. The summed E-state index contributed by atoms with van der Waals surface area (Å²) in [7, 11) is 0. The highest BCUT2D eigenvalue weighted by Gasteiger charge is 2.32. The van der Waals surface area contributed by atoms with Gasteiger partial charge in [0.15, 0.2) is 0 Å². The first-order chi connectivity index (χ1) is 12.7. The van der Waals surface area contributed by atoms with Crippen molar-refractivity contribution in [2.75, 3.05) is 44.1 Å². The molecule has 154 valence electrons. The quantitative estimate of drug-likeness (QED) is 0.583. The van der Waals surface area contributed by atoms with Gasteiger partial charge in [0, 0.05) is 24.7 Å². The van der Waals surface area contributed by atoms with Crippen molar-refractivity contribution in [3.8, 4) is 0 Å². The summed E-state index contributed by atoms with van der Waals surface area (Å²) in [6.45, 7) is 10.1. The van der Waals surface area contributed by atoms with E-state index >= 15 is 0 Å². The van der Waals surface area contributed by atoms with Gasteiger partial charge in [-0.25, -0.2) is 0 Å². The van der Waals surface area contributed by atoms with E-state index < -0.39 is 4.75 Å². The number of amides is 1. The van der Waals surface area contributed by atoms with Crippen LogP contribution in [-0.2, 0) is 19.7 Å². The van der Waals surface area contributed by atoms with E-state index in [0.29, 0.717) is 24.1 Å². The summed E-state index contributed by atoms with van der Waals surface area (Å²) in [4.78, 5) is 12.7. The van der Waals surface area contributed by atoms with Gasteiger partial charge < -0.3 is 19.1 Å². The molecule has 0 spiro atoms. The molecule has 2 N–H and O–H groups in total. The van der Waals surface area contributed by atoms with E-state index in [9.17, 15) is 4.79 Å². The number of hydrogen-bond donors (Lipinski definition) is 2. The van der Waals surface area contributed by atoms with Gasteiger partial charge in [-0.15, -0.1) is 11.8 Å². The SMILES string of the molecule is CC(C)(SCC1CCOCC1)C(=O)Nc1cc(C(C)(C)COCCO)no1. The standard InChI is InChI=1S/C19H32N2O5S/c1-18(2,13-25-10-7-22)15-11-16(26-21-15)20-17(23)19(3,4)27-12-14-5-8-24-9-6-14/h11,14,22H,5-10,12-13H2,1-4H3,(H,20,23). The Kier molecular flexibility index (Phi) is 8.15. The number of anilines is 1. The van der Waals surface area contributed by atoms with Crippen molar-refractivity contribution < 1.29 is 23.9 Å². The zero-order valence-electron chi connectivity index (χ0n) is 16.7. The second-order valence-corrected chi connectivity index (χ2v) is 9.71. The third kappa shape index (κ3) is 6.78. The first kappa shape index (κ1) is 22.2. The van der Waals surface area contributed by atoms with E-state index in [1.165, 1.54) is 0 Å². The summed E-state index contributed by atoms with van der Waals surface area (Å²) in [6.07, 6.45) is 2.12. The van der Waals surface area contributed by atoms with Gasteiger partial charge in [0.2, 0.25) is 11.8 Å². The number of rotatable bonds is 10. The van der Waals surface area contributed by atoms with Gasteiger partial charge >= 0.3 is 0 Å². The van der Waals surface area contributed by atoms with E-state index in [2.05, 4.69) is 10.5 Å². The molecule has 0 saturated carbocycles. The molecule has 2 heterocycles. The fourth-order valence-electron chi connectivity index (χ4n) is 2.69. The summed E-state index contributed by atoms with van der Waals surface area (Å²) < 4.78 is 15.5. The first-order valence-corrected chi connectivity index (χ1v) is 10.4. The predicted octanol–water partition coefficient (Wildman–Crippen LogP) is 2.84. The van der Waals surface area contributed by atoms with Gasteiger partial charge in [0.25, 0.3) is 0 Å². The minimum atomic E-state index is -0.564. The Hall–Kier alpha value is -1.09. The molecule has 0 aromatic carbocycles. The van der Waals surface area contributed by atoms with Crippen LogP contribution < -0.4 is 5.32 Å². The Morgan fingerprint density at radius 1 is 1.37 bits per heavy atom. The number of carbonyl (C=O) groups is 1. The third-order valence-electron chi connectivity index (χ3n) is 4.71. The van der Waals surface area contributed by atoms with Gasteiger partial charge in [-0.1, -0.05) is 19.0 Å². The highest BCUT2D eigenvalue weighted by atomic mass is 32.2. The van der Waals surface area contributed by atoms with Crippen molar-refractivity contribution in [2.24, 2.45) is 5.92 Å². The predicted molar refractivity (Wildman–Crippen MR) is 106 cm³/mol. The number of aromatic nitrogens is 1. The van der Waals surface area contributed by atoms with Crippen molar-refractivity contribution in [1.29, 1.82) is 0 Å². The molecular weight excluding hydrogens is 368 g/mol. The number of aliphatic hydroxyl groups excluding tert-OH is 1. The number of carbonyl (C=O) groups excluding carboxylic acids is 1. The van der Waals surface area contributed by atoms with Crippen molar-refractivity contribution in [1.82, 2.24) is 5.16 Å². The first-order valence-electron chi connectivity index (χ1n) is 9.43. The lowest BCUT2D eigenvalue weighted by atomic mass is 9.90. The fraction of sp³-hybridized carbons (Fsp3) is 0.789. The van der Waals surface area contributed by atoms with Gasteiger partial charge in [0.1, 0.15) is 0 Å². The average molecular weight is 401 g/mol. The number of nitrogens with one attached hydrogen (secondary N) is 1. The van der Waals surface area contributed by atoms with Gasteiger partial charge in [-0.2, -0.15) is 0 Å². The van der Waals surface area contributed by atoms with Crippen molar-refractivity contribution in [2.45, 2.75) is 50.7 Å². The van der Waals surface area contributed by atoms with E-state index in [1.807, 2.05) is 27.7 Å². The number of hydrogen-bond acceptors (Lipinski definition) is 7. The van der Waals surface area contributed by atoms with Crippen molar-refractivity contribution >= 4 is 23.6 Å². The second-order valence-electron chi connectivity index (χ2n) is 8.07. The van der Waals surface area contributed by atoms with Crippen LogP contribution in [0.4, 0.5) is 5.88 Å². The topological polar surface area (TPSA) is 93.8 Å². The molecule has 27 heavy (non-hydrogen) atoms. The zero-order chi connectivity index (χ0) is 19.9. The smallest absolute Gasteiger partial charge is 0.242 e. The van der Waals surface area contributed by atoms with Crippen LogP contribution in [0.15, 0.2) is 10.6 Å². The Bertz CT molecular complexity index is 597. The Labute approximate surface area is 165 Å². The molecule has 1 fully saturated rings. The van der Waals surface area contributed by atoms with Crippen LogP contribution in [0.2, 0.25) is 0 Å². The molecule has 1 aliphatic heterocycles. The normalized spacial score (nSPS) is 16.5. The van der Waals surface area contributed by atoms with E-state index in [1.54, 1.807) is 17.8 Å². The zero-order valence-corrected chi connectivity index (χ0v) is 17.6. The van der Waals surface area contributed by atoms with E-state index in [-0.39, 0.29) is 24.5 Å². The summed E-state index contributed by atoms with van der Waals surface area (Å²) in [5.41, 5.74) is 0.318. The lowest BCUT2D eigenvalue weighted by Gasteiger charge is -2.27. The fourth-order valence-corrected chi connectivity index (χ4v) is 3.85. The Balaban J connectivity index is 1.87. The maximum Gasteiger partial charge on any atom is 0.242 e. The Morgan fingerprint density at radius 2 is 2.07 bits per heavy atom. The molecule has 8 heteroatoms. The summed E-state index contributed by atoms with van der Waals surface area (Å²) in [5.74, 6) is 1.79. The van der Waals surface area contributed by atoms with Crippen molar-refractivity contribution in [3.05, 3.63) is 11.8 Å². The molecule has 1 amide bonds. The highest BCUT2D eigenvalue weighted by Crippen LogP contribution is 2.31. The van der Waals surface area contributed by atoms with Crippen LogP contribution in [-0.4, -0.2) is 59.7 Å². The van der Waals surface area contributed by atoms with Crippen LogP contribution in [0.1, 0.15) is 46.2 Å². The van der Waals surface area contributed by atoms with Gasteiger partial charge in [-0.3, -0.25) is 10.1 Å². The van der Waals surface area contributed by atoms with Gasteiger partial charge in [0.05, 0.1) is 30.3 Å². The largest absolute Gasteiger partial charge is 0.394 e. The lowest BCUT2D eigenvalue weighted by Crippen LogP contribution is -2.35. The minimum Gasteiger partial charge on any atom is -0.394 e. The number of thioether (sulfide) groups is 1. The van der Waals surface area contributed by atoms with E-state index in [0.717, 1.165) is 31.8 Å². The number of ether oxygens (including phenoxy) is 2. The van der Waals surface area contributed by atoms with E-state index in [4.69, 9.17) is 19.1 Å². The number of nitrogens with zero attached hydrogens (tertiary/aromatic N) is 1. The molecule has 1 aromatic heterocycles. The summed E-state index contributed by atoms with van der Waals surface area (Å²) >= 11 is 1.67. The minimum absolute atomic E-state index is 0.0170. The molecular formula is C19H32N2O5S. The number of aliphatic hydroxyl groups is 1. The lowest BCUT2D eigenvalue weighted by molar-refractivity contribution is -0.117. The molecule has 0 aliphatic carbocycles.